The van der Waals surface area contributed by atoms with E-state index in [1.165, 1.54) is 334 Å². The quantitative estimate of drug-likeness (QED) is 0.0243. The number of allylic oxidation sites excluding steroid dienone is 6. The molecule has 0 aromatic rings. The average molecular weight is 1260 g/mol. The average Bonchev–Trinajstić information content (AvgIpc) is 3.70. The third kappa shape index (κ3) is 72.2. The first-order chi connectivity index (χ1) is 43.0. The van der Waals surface area contributed by atoms with Gasteiger partial charge in [-0.2, -0.15) is 0 Å². The number of aliphatic hydroxyl groups excluding tert-OH is 1. The highest BCUT2D eigenvalue weighted by Gasteiger charge is 2.28. The van der Waals surface area contributed by atoms with Crippen LogP contribution in [0.1, 0.15) is 412 Å². The van der Waals surface area contributed by atoms with Crippen LogP contribution in [0.15, 0.2) is 36.5 Å². The molecule has 0 aliphatic rings. The fraction of sp³-hybridized carbons (Fsp3) is 0.911. The van der Waals surface area contributed by atoms with Gasteiger partial charge in [0.15, 0.2) is 0 Å². The summed E-state index contributed by atoms with van der Waals surface area (Å²) in [6.45, 7) is 4.94. The van der Waals surface area contributed by atoms with E-state index in [0.29, 0.717) is 23.9 Å². The highest BCUT2D eigenvalue weighted by Crippen LogP contribution is 2.43. The van der Waals surface area contributed by atoms with Crippen molar-refractivity contribution in [2.24, 2.45) is 0 Å². The monoisotopic (exact) mass is 1260 g/mol. The van der Waals surface area contributed by atoms with Gasteiger partial charge in [-0.3, -0.25) is 13.8 Å². The van der Waals surface area contributed by atoms with E-state index in [9.17, 15) is 19.4 Å². The number of phosphoric acid groups is 1. The van der Waals surface area contributed by atoms with E-state index >= 15 is 0 Å². The fourth-order valence-corrected chi connectivity index (χ4v) is 13.0. The van der Waals surface area contributed by atoms with Crippen LogP contribution in [0.2, 0.25) is 0 Å². The third-order valence-electron chi connectivity index (χ3n) is 18.4. The lowest BCUT2D eigenvalue weighted by Gasteiger charge is -2.26. The van der Waals surface area contributed by atoms with Crippen molar-refractivity contribution >= 4 is 13.7 Å². The number of nitrogens with zero attached hydrogens (tertiary/aromatic N) is 1. The molecule has 0 spiro atoms. The van der Waals surface area contributed by atoms with Crippen LogP contribution >= 0.6 is 7.82 Å². The molecule has 0 saturated heterocycles. The second-order valence-electron chi connectivity index (χ2n) is 28.4. The van der Waals surface area contributed by atoms with Gasteiger partial charge in [0.05, 0.1) is 39.9 Å². The van der Waals surface area contributed by atoms with Crippen LogP contribution in [0.4, 0.5) is 0 Å². The molecule has 1 amide bonds. The molecule has 3 N–H and O–H groups in total. The lowest BCUT2D eigenvalue weighted by Crippen LogP contribution is -2.46. The summed E-state index contributed by atoms with van der Waals surface area (Å²) in [7, 11) is 1.64. The zero-order valence-corrected chi connectivity index (χ0v) is 60.9. The molecule has 0 radical (unpaired) electrons. The Bertz CT molecular complexity index is 1530. The molecular weight excluding hydrogens is 1100 g/mol. The number of likely N-dealkylation sites (N-methyl/N-ethyl adjacent to an activating group) is 1. The van der Waals surface area contributed by atoms with E-state index in [4.69, 9.17) is 9.05 Å². The van der Waals surface area contributed by atoms with Gasteiger partial charge in [-0.25, -0.2) is 4.57 Å². The predicted molar refractivity (Wildman–Crippen MR) is 388 cm³/mol. The molecule has 0 saturated carbocycles. The molecule has 9 heteroatoms. The predicted octanol–water partition coefficient (Wildman–Crippen LogP) is 25.6. The number of phosphoric ester groups is 1. The van der Waals surface area contributed by atoms with E-state index in [0.717, 1.165) is 51.4 Å². The molecule has 0 fully saturated rings. The first-order valence-electron chi connectivity index (χ1n) is 39.4. The molecule has 0 heterocycles. The van der Waals surface area contributed by atoms with Gasteiger partial charge in [0.2, 0.25) is 5.91 Å². The van der Waals surface area contributed by atoms with Crippen LogP contribution < -0.4 is 5.32 Å². The van der Waals surface area contributed by atoms with Gasteiger partial charge in [-0.05, 0) is 51.4 Å². The van der Waals surface area contributed by atoms with E-state index in [-0.39, 0.29) is 19.1 Å². The van der Waals surface area contributed by atoms with Gasteiger partial charge >= 0.3 is 7.82 Å². The molecule has 0 rings (SSSR count). The summed E-state index contributed by atoms with van der Waals surface area (Å²) in [6.07, 6.45) is 94.3. The van der Waals surface area contributed by atoms with Crippen molar-refractivity contribution < 1.29 is 32.9 Å². The molecule has 8 nitrogen and oxygen atoms in total. The number of aliphatic hydroxyl groups is 1. The van der Waals surface area contributed by atoms with Crippen molar-refractivity contribution in [3.63, 3.8) is 0 Å². The largest absolute Gasteiger partial charge is 0.472 e. The summed E-state index contributed by atoms with van der Waals surface area (Å²) in [5.74, 6) is -0.135. The Morgan fingerprint density at radius 2 is 0.648 bits per heavy atom. The summed E-state index contributed by atoms with van der Waals surface area (Å²) < 4.78 is 24.0. The number of carbonyl (C=O) groups excluding carboxylic acids is 1. The minimum atomic E-state index is -4.33. The number of carbonyl (C=O) groups is 1. The molecular formula is C79H156N2O6P+. The number of unbranched alkanes of at least 4 members (excludes halogenated alkanes) is 55. The van der Waals surface area contributed by atoms with Gasteiger partial charge in [0.25, 0.3) is 0 Å². The maximum absolute atomic E-state index is 13.1. The highest BCUT2D eigenvalue weighted by atomic mass is 31.2. The topological polar surface area (TPSA) is 105 Å². The standard InChI is InChI=1S/C79H155N2O6P/c1-6-8-10-12-14-16-18-20-22-24-26-28-30-32-34-36-37-38-39-40-41-42-43-45-47-49-51-53-55-57-59-61-63-65-67-69-71-73-79(83)80-77(76-87-88(84,85)86-75-74-81(3,4)5)78(82)72-70-68-66-64-62-60-58-56-54-52-50-48-46-44-35-33-31-29-27-25-23-21-19-17-15-13-11-9-7-2/h18,20,24,26,30,32,77-78,82H,6-17,19,21-23,25,27-29,31,33-76H2,1-5H3,(H-,80,83,84,85)/p+1/b20-18-,26-24-,32-30-. The van der Waals surface area contributed by atoms with Crippen LogP contribution in [0.3, 0.4) is 0 Å². The van der Waals surface area contributed by atoms with E-state index in [1.807, 2.05) is 21.1 Å². The Hall–Kier alpha value is -1.28. The van der Waals surface area contributed by atoms with Crippen molar-refractivity contribution in [2.75, 3.05) is 40.9 Å². The van der Waals surface area contributed by atoms with E-state index < -0.39 is 20.0 Å². The molecule has 0 bridgehead atoms. The molecule has 88 heavy (non-hydrogen) atoms. The van der Waals surface area contributed by atoms with Crippen molar-refractivity contribution in [1.29, 1.82) is 0 Å². The fourth-order valence-electron chi connectivity index (χ4n) is 12.3. The Labute approximate surface area is 550 Å². The molecule has 0 aromatic carbocycles. The molecule has 3 unspecified atom stereocenters. The number of nitrogens with one attached hydrogen (secondary N) is 1. The number of rotatable bonds is 74. The maximum atomic E-state index is 13.1. The summed E-state index contributed by atoms with van der Waals surface area (Å²) in [5, 5.41) is 14.2. The van der Waals surface area contributed by atoms with Gasteiger partial charge in [-0.15, -0.1) is 0 Å². The second kappa shape index (κ2) is 70.0. The summed E-state index contributed by atoms with van der Waals surface area (Å²) in [6, 6.07) is -0.761. The lowest BCUT2D eigenvalue weighted by molar-refractivity contribution is -0.870. The summed E-state index contributed by atoms with van der Waals surface area (Å²) in [4.78, 5) is 23.5. The number of quaternary nitrogens is 1. The molecule has 522 valence electrons. The van der Waals surface area contributed by atoms with Crippen LogP contribution in [-0.4, -0.2) is 73.4 Å². The SMILES string of the molecule is CCCCCCC/C=C\C/C=C\C/C=C\CCCCCCCCCCCCCCCCCCCCCCCCC(=O)NC(COP(=O)(O)OCC[N+](C)(C)C)C(O)CCCCCCCCCCCCCCCCCCCCCCCCCCCCCCC. The van der Waals surface area contributed by atoms with Crippen LogP contribution in [0.25, 0.3) is 0 Å². The van der Waals surface area contributed by atoms with Gasteiger partial charge < -0.3 is 19.8 Å². The van der Waals surface area contributed by atoms with E-state index in [2.05, 4.69) is 55.6 Å². The van der Waals surface area contributed by atoms with Crippen LogP contribution in [0, 0.1) is 0 Å². The summed E-state index contributed by atoms with van der Waals surface area (Å²) in [5.41, 5.74) is 0. The third-order valence-corrected chi connectivity index (χ3v) is 19.4. The minimum absolute atomic E-state index is 0.0774. The van der Waals surface area contributed by atoms with Gasteiger partial charge in [0.1, 0.15) is 13.2 Å². The Morgan fingerprint density at radius 3 is 0.943 bits per heavy atom. The normalized spacial score (nSPS) is 13.7. The molecule has 0 aliphatic carbocycles. The van der Waals surface area contributed by atoms with Crippen molar-refractivity contribution in [3.05, 3.63) is 36.5 Å². The molecule has 0 aliphatic heterocycles. The zero-order chi connectivity index (χ0) is 64.1. The Balaban J connectivity index is 3.92. The molecule has 3 atom stereocenters. The van der Waals surface area contributed by atoms with Gasteiger partial charge in [0, 0.05) is 6.42 Å². The number of hydrogen-bond donors (Lipinski definition) is 3. The lowest BCUT2D eigenvalue weighted by atomic mass is 10.0. The summed E-state index contributed by atoms with van der Waals surface area (Å²) >= 11 is 0. The minimum Gasteiger partial charge on any atom is -0.391 e. The zero-order valence-electron chi connectivity index (χ0n) is 60.0. The van der Waals surface area contributed by atoms with E-state index in [1.54, 1.807) is 0 Å². The Morgan fingerprint density at radius 1 is 0.386 bits per heavy atom. The smallest absolute Gasteiger partial charge is 0.391 e. The van der Waals surface area contributed by atoms with Gasteiger partial charge in [-0.1, -0.05) is 391 Å². The van der Waals surface area contributed by atoms with Crippen LogP contribution in [-0.2, 0) is 18.4 Å². The van der Waals surface area contributed by atoms with Crippen molar-refractivity contribution in [1.82, 2.24) is 5.32 Å². The number of hydrogen-bond acceptors (Lipinski definition) is 5. The van der Waals surface area contributed by atoms with Crippen LogP contribution in [0.5, 0.6) is 0 Å². The first-order valence-corrected chi connectivity index (χ1v) is 40.8. The molecule has 0 aromatic heterocycles. The Kier molecular flexibility index (Phi) is 69.0. The number of amides is 1. The second-order valence-corrected chi connectivity index (χ2v) is 29.9. The maximum Gasteiger partial charge on any atom is 0.472 e. The highest BCUT2D eigenvalue weighted by molar-refractivity contribution is 7.47. The first kappa shape index (κ1) is 86.7. The van der Waals surface area contributed by atoms with Crippen molar-refractivity contribution in [3.8, 4) is 0 Å². The van der Waals surface area contributed by atoms with Crippen molar-refractivity contribution in [2.45, 2.75) is 424 Å².